The summed E-state index contributed by atoms with van der Waals surface area (Å²) in [5.41, 5.74) is 1.62. The zero-order valence-electron chi connectivity index (χ0n) is 17.2. The maximum atomic E-state index is 13.5. The van der Waals surface area contributed by atoms with E-state index in [0.717, 1.165) is 47.5 Å². The normalized spacial score (nSPS) is 21.6. The van der Waals surface area contributed by atoms with Crippen LogP contribution < -0.4 is 0 Å². The van der Waals surface area contributed by atoms with E-state index >= 15 is 0 Å². The van der Waals surface area contributed by atoms with Crippen molar-refractivity contribution in [2.45, 2.75) is 31.7 Å². The summed E-state index contributed by atoms with van der Waals surface area (Å²) in [7, 11) is 0. The van der Waals surface area contributed by atoms with Crippen molar-refractivity contribution >= 4 is 45.0 Å². The molecule has 2 aromatic carbocycles. The number of nitrogens with zero attached hydrogens (tertiary/aromatic N) is 3. The quantitative estimate of drug-likeness (QED) is 0.550. The van der Waals surface area contributed by atoms with Gasteiger partial charge >= 0.3 is 0 Å². The van der Waals surface area contributed by atoms with Crippen molar-refractivity contribution in [3.8, 4) is 0 Å². The molecule has 31 heavy (non-hydrogen) atoms. The molecule has 5 rings (SSSR count). The third kappa shape index (κ3) is 4.06. The second-order valence-electron chi connectivity index (χ2n) is 8.31. The van der Waals surface area contributed by atoms with Gasteiger partial charge in [-0.15, -0.1) is 11.3 Å². The highest BCUT2D eigenvalue weighted by molar-refractivity contribution is 7.18. The molecule has 0 bridgehead atoms. The van der Waals surface area contributed by atoms with E-state index in [-0.39, 0.29) is 23.8 Å². The van der Waals surface area contributed by atoms with E-state index in [4.69, 9.17) is 16.6 Å². The predicted molar refractivity (Wildman–Crippen MR) is 123 cm³/mol. The second kappa shape index (κ2) is 8.60. The SMILES string of the molecule is O=C(c1ccc(Cl)cc1)N1CCC[C@H](C(=O)N2CCC[C@@H]2c2nc3ccccc3s2)C1. The lowest BCUT2D eigenvalue weighted by Crippen LogP contribution is -2.46. The van der Waals surface area contributed by atoms with Crippen molar-refractivity contribution < 1.29 is 9.59 Å². The number of hydrogen-bond donors (Lipinski definition) is 0. The first-order valence-corrected chi connectivity index (χ1v) is 12.0. The number of halogens is 1. The van der Waals surface area contributed by atoms with Gasteiger partial charge in [0.05, 0.1) is 22.2 Å². The van der Waals surface area contributed by atoms with Crippen LogP contribution in [0.3, 0.4) is 0 Å². The summed E-state index contributed by atoms with van der Waals surface area (Å²) < 4.78 is 1.16. The van der Waals surface area contributed by atoms with Gasteiger partial charge in [0, 0.05) is 30.2 Å². The van der Waals surface area contributed by atoms with Gasteiger partial charge < -0.3 is 9.80 Å². The number of likely N-dealkylation sites (tertiary alicyclic amines) is 2. The van der Waals surface area contributed by atoms with Crippen molar-refractivity contribution in [2.24, 2.45) is 5.92 Å². The van der Waals surface area contributed by atoms with Crippen LogP contribution in [0.2, 0.25) is 5.02 Å². The summed E-state index contributed by atoms with van der Waals surface area (Å²) in [6.07, 6.45) is 3.61. The number of thiazole rings is 1. The number of carbonyl (C=O) groups is 2. The van der Waals surface area contributed by atoms with Crippen LogP contribution in [0.4, 0.5) is 0 Å². The highest BCUT2D eigenvalue weighted by atomic mass is 35.5. The van der Waals surface area contributed by atoms with Gasteiger partial charge in [0.15, 0.2) is 0 Å². The number of para-hydroxylation sites is 1. The number of amides is 2. The summed E-state index contributed by atoms with van der Waals surface area (Å²) in [6, 6.07) is 15.1. The van der Waals surface area contributed by atoms with E-state index in [0.29, 0.717) is 23.7 Å². The van der Waals surface area contributed by atoms with E-state index in [1.54, 1.807) is 35.6 Å². The first kappa shape index (κ1) is 20.5. The van der Waals surface area contributed by atoms with Gasteiger partial charge in [0.25, 0.3) is 5.91 Å². The van der Waals surface area contributed by atoms with Crippen LogP contribution in [-0.4, -0.2) is 46.2 Å². The molecule has 3 aromatic rings. The fourth-order valence-electron chi connectivity index (χ4n) is 4.69. The molecule has 2 aliphatic heterocycles. The Labute approximate surface area is 190 Å². The van der Waals surface area contributed by atoms with Gasteiger partial charge in [-0.3, -0.25) is 9.59 Å². The van der Waals surface area contributed by atoms with Gasteiger partial charge in [-0.05, 0) is 62.1 Å². The van der Waals surface area contributed by atoms with Crippen molar-refractivity contribution in [1.82, 2.24) is 14.8 Å². The smallest absolute Gasteiger partial charge is 0.253 e. The Bertz CT molecular complexity index is 1080. The summed E-state index contributed by atoms with van der Waals surface area (Å²) >= 11 is 7.64. The van der Waals surface area contributed by atoms with E-state index in [2.05, 4.69) is 6.07 Å². The fourth-order valence-corrected chi connectivity index (χ4v) is 5.93. The van der Waals surface area contributed by atoms with E-state index in [1.807, 2.05) is 28.0 Å². The summed E-state index contributed by atoms with van der Waals surface area (Å²) in [6.45, 7) is 1.93. The molecule has 7 heteroatoms. The molecular formula is C24H24ClN3O2S. The van der Waals surface area contributed by atoms with Crippen LogP contribution in [0.1, 0.15) is 47.1 Å². The third-order valence-corrected chi connectivity index (χ3v) is 7.67. The fraction of sp³-hybridized carbons (Fsp3) is 0.375. The van der Waals surface area contributed by atoms with Gasteiger partial charge in [-0.2, -0.15) is 0 Å². The molecule has 0 unspecified atom stereocenters. The Morgan fingerprint density at radius 3 is 2.58 bits per heavy atom. The average Bonchev–Trinajstić information content (AvgIpc) is 3.45. The highest BCUT2D eigenvalue weighted by Crippen LogP contribution is 2.38. The minimum absolute atomic E-state index is 0.0293. The van der Waals surface area contributed by atoms with E-state index in [1.165, 1.54) is 0 Å². The third-order valence-electron chi connectivity index (χ3n) is 6.28. The topological polar surface area (TPSA) is 53.5 Å². The zero-order valence-corrected chi connectivity index (χ0v) is 18.7. The Morgan fingerprint density at radius 1 is 1.00 bits per heavy atom. The van der Waals surface area contributed by atoms with Gasteiger partial charge in [-0.25, -0.2) is 4.98 Å². The second-order valence-corrected chi connectivity index (χ2v) is 9.81. The maximum Gasteiger partial charge on any atom is 0.253 e. The summed E-state index contributed by atoms with van der Waals surface area (Å²) in [5, 5.41) is 1.63. The molecule has 2 saturated heterocycles. The van der Waals surface area contributed by atoms with E-state index < -0.39 is 0 Å². The number of piperidine rings is 1. The van der Waals surface area contributed by atoms with Crippen molar-refractivity contribution in [3.63, 3.8) is 0 Å². The number of carbonyl (C=O) groups excluding carboxylic acids is 2. The number of hydrogen-bond acceptors (Lipinski definition) is 4. The molecule has 2 fully saturated rings. The molecule has 0 aliphatic carbocycles. The van der Waals surface area contributed by atoms with Crippen LogP contribution >= 0.6 is 22.9 Å². The Morgan fingerprint density at radius 2 is 1.77 bits per heavy atom. The largest absolute Gasteiger partial charge is 0.338 e. The van der Waals surface area contributed by atoms with Crippen LogP contribution in [0, 0.1) is 5.92 Å². The van der Waals surface area contributed by atoms with Gasteiger partial charge in [0.1, 0.15) is 5.01 Å². The lowest BCUT2D eigenvalue weighted by molar-refractivity contribution is -0.137. The molecule has 160 valence electrons. The average molecular weight is 454 g/mol. The standard InChI is InChI=1S/C24H24ClN3O2S/c25-18-11-9-16(10-12-18)23(29)27-13-3-5-17(15-27)24(30)28-14-4-7-20(28)22-26-19-6-1-2-8-21(19)31-22/h1-2,6,8-12,17,20H,3-5,7,13-15H2/t17-,20+/m0/s1. The monoisotopic (exact) mass is 453 g/mol. The lowest BCUT2D eigenvalue weighted by atomic mass is 9.95. The molecule has 0 radical (unpaired) electrons. The van der Waals surface area contributed by atoms with Crippen molar-refractivity contribution in [1.29, 1.82) is 0 Å². The van der Waals surface area contributed by atoms with Crippen molar-refractivity contribution in [2.75, 3.05) is 19.6 Å². The first-order valence-electron chi connectivity index (χ1n) is 10.8. The number of aromatic nitrogens is 1. The molecule has 1 aromatic heterocycles. The molecule has 3 heterocycles. The zero-order chi connectivity index (χ0) is 21.4. The Kier molecular flexibility index (Phi) is 5.67. The maximum absolute atomic E-state index is 13.5. The Hall–Kier alpha value is -2.44. The van der Waals surface area contributed by atoms with Gasteiger partial charge in [0.2, 0.25) is 5.91 Å². The minimum atomic E-state index is -0.153. The summed E-state index contributed by atoms with van der Waals surface area (Å²) in [4.78, 5) is 35.1. The van der Waals surface area contributed by atoms with Crippen LogP contribution in [0.25, 0.3) is 10.2 Å². The molecule has 2 amide bonds. The van der Waals surface area contributed by atoms with Crippen LogP contribution in [-0.2, 0) is 4.79 Å². The van der Waals surface area contributed by atoms with E-state index in [9.17, 15) is 9.59 Å². The summed E-state index contributed by atoms with van der Waals surface area (Å²) in [5.74, 6) is -0.0198. The molecule has 0 saturated carbocycles. The van der Waals surface area contributed by atoms with Gasteiger partial charge in [-0.1, -0.05) is 23.7 Å². The van der Waals surface area contributed by atoms with Crippen LogP contribution in [0.15, 0.2) is 48.5 Å². The first-order chi connectivity index (χ1) is 15.1. The van der Waals surface area contributed by atoms with Crippen LogP contribution in [0.5, 0.6) is 0 Å². The molecule has 2 aliphatic rings. The molecular weight excluding hydrogens is 430 g/mol. The Balaban J connectivity index is 1.31. The number of rotatable bonds is 3. The minimum Gasteiger partial charge on any atom is -0.338 e. The predicted octanol–water partition coefficient (Wildman–Crippen LogP) is 5.17. The molecule has 2 atom stereocenters. The lowest BCUT2D eigenvalue weighted by Gasteiger charge is -2.35. The molecule has 0 spiro atoms. The van der Waals surface area contributed by atoms with Crippen molar-refractivity contribution in [3.05, 3.63) is 64.1 Å². The molecule has 5 nitrogen and oxygen atoms in total. The highest BCUT2D eigenvalue weighted by Gasteiger charge is 2.38. The number of benzene rings is 2. The number of fused-ring (bicyclic) bond motifs is 1. The molecule has 0 N–H and O–H groups in total.